The second kappa shape index (κ2) is 9.73. The van der Waals surface area contributed by atoms with Gasteiger partial charge >= 0.3 is 0 Å². The van der Waals surface area contributed by atoms with Crippen molar-refractivity contribution in [2.45, 2.75) is 72.8 Å². The van der Waals surface area contributed by atoms with Crippen molar-refractivity contribution in [1.29, 1.82) is 0 Å². The minimum atomic E-state index is -0.565. The summed E-state index contributed by atoms with van der Waals surface area (Å²) < 4.78 is 0. The van der Waals surface area contributed by atoms with Gasteiger partial charge in [-0.15, -0.1) is 0 Å². The third kappa shape index (κ3) is 6.45. The zero-order valence-corrected chi connectivity index (χ0v) is 18.6. The maximum Gasteiger partial charge on any atom is 0.272 e. The molecule has 29 heavy (non-hydrogen) atoms. The predicted octanol–water partition coefficient (Wildman–Crippen LogP) is 5.62. The van der Waals surface area contributed by atoms with Crippen molar-refractivity contribution in [3.63, 3.8) is 0 Å². The maximum absolute atomic E-state index is 13.2. The molecule has 4 nitrogen and oxygen atoms in total. The molecule has 156 valence electrons. The van der Waals surface area contributed by atoms with Gasteiger partial charge in [0.1, 0.15) is 0 Å². The summed E-state index contributed by atoms with van der Waals surface area (Å²) in [4.78, 5) is 26.0. The Balaban J connectivity index is 2.17. The highest BCUT2D eigenvalue weighted by atomic mass is 16.2. The first-order valence-corrected chi connectivity index (χ1v) is 10.4. The lowest BCUT2D eigenvalue weighted by molar-refractivity contribution is 0.0358. The molecule has 0 unspecified atom stereocenters. The summed E-state index contributed by atoms with van der Waals surface area (Å²) in [6, 6.07) is 13.4. The predicted molar refractivity (Wildman–Crippen MR) is 119 cm³/mol. The van der Waals surface area contributed by atoms with Crippen LogP contribution in [0.3, 0.4) is 0 Å². The number of rotatable bonds is 6. The van der Waals surface area contributed by atoms with Crippen LogP contribution < -0.4 is 5.43 Å². The smallest absolute Gasteiger partial charge is 0.267 e. The van der Waals surface area contributed by atoms with E-state index in [-0.39, 0.29) is 11.8 Å². The Kier molecular flexibility index (Phi) is 7.60. The molecular weight excluding hydrogens is 360 g/mol. The van der Waals surface area contributed by atoms with E-state index in [0.717, 1.165) is 24.0 Å². The highest BCUT2D eigenvalue weighted by Gasteiger charge is 2.29. The number of hydrazine groups is 1. The summed E-state index contributed by atoms with van der Waals surface area (Å²) in [5.41, 5.74) is 6.65. The SMILES string of the molecule is CCCCCc1ccc(C(=O)NN(C(=O)c2cc(C)cc(C)c2)C(C)(C)C)cc1. The zero-order valence-electron chi connectivity index (χ0n) is 18.6. The quantitative estimate of drug-likeness (QED) is 0.510. The Morgan fingerprint density at radius 1 is 0.897 bits per heavy atom. The molecule has 2 aromatic rings. The van der Waals surface area contributed by atoms with E-state index in [1.165, 1.54) is 23.4 Å². The fourth-order valence-electron chi connectivity index (χ4n) is 3.32. The summed E-state index contributed by atoms with van der Waals surface area (Å²) in [5.74, 6) is -0.494. The molecule has 0 aliphatic carbocycles. The lowest BCUT2D eigenvalue weighted by atomic mass is 10.0. The molecular formula is C25H34N2O2. The monoisotopic (exact) mass is 394 g/mol. The minimum absolute atomic E-state index is 0.214. The molecule has 2 amide bonds. The van der Waals surface area contributed by atoms with Crippen molar-refractivity contribution in [2.75, 3.05) is 0 Å². The second-order valence-corrected chi connectivity index (χ2v) is 8.78. The lowest BCUT2D eigenvalue weighted by Crippen LogP contribution is -2.55. The van der Waals surface area contributed by atoms with Crippen LogP contribution in [0, 0.1) is 13.8 Å². The van der Waals surface area contributed by atoms with Gasteiger partial charge in [0.2, 0.25) is 0 Å². The van der Waals surface area contributed by atoms with Gasteiger partial charge in [-0.05, 0) is 77.3 Å². The number of carbonyl (C=O) groups excluding carboxylic acids is 2. The highest BCUT2D eigenvalue weighted by molar-refractivity contribution is 5.99. The van der Waals surface area contributed by atoms with Crippen LogP contribution in [0.25, 0.3) is 0 Å². The van der Waals surface area contributed by atoms with Crippen LogP contribution in [0.15, 0.2) is 42.5 Å². The Morgan fingerprint density at radius 2 is 1.48 bits per heavy atom. The van der Waals surface area contributed by atoms with Crippen molar-refractivity contribution in [2.24, 2.45) is 0 Å². The van der Waals surface area contributed by atoms with Crippen LogP contribution in [-0.4, -0.2) is 22.4 Å². The number of hydrogen-bond acceptors (Lipinski definition) is 2. The zero-order chi connectivity index (χ0) is 21.6. The van der Waals surface area contributed by atoms with Crippen LogP contribution in [0.4, 0.5) is 0 Å². The standard InChI is InChI=1S/C25H34N2O2/c1-7-8-9-10-20-11-13-21(14-12-20)23(28)26-27(25(4,5)6)24(29)22-16-18(2)15-19(3)17-22/h11-17H,7-10H2,1-6H3,(H,26,28). The minimum Gasteiger partial charge on any atom is -0.267 e. The normalized spacial score (nSPS) is 11.2. The molecule has 0 fully saturated rings. The number of hydrogen-bond donors (Lipinski definition) is 1. The molecule has 1 N–H and O–H groups in total. The van der Waals surface area contributed by atoms with Crippen LogP contribution in [0.2, 0.25) is 0 Å². The topological polar surface area (TPSA) is 49.4 Å². The molecule has 0 heterocycles. The number of unbranched alkanes of at least 4 members (excludes halogenated alkanes) is 2. The van der Waals surface area contributed by atoms with E-state index < -0.39 is 5.54 Å². The summed E-state index contributed by atoms with van der Waals surface area (Å²) >= 11 is 0. The molecule has 2 rings (SSSR count). The Morgan fingerprint density at radius 3 is 2.00 bits per heavy atom. The van der Waals surface area contributed by atoms with Gasteiger partial charge in [-0.25, -0.2) is 5.01 Å². The third-order valence-corrected chi connectivity index (χ3v) is 4.84. The first kappa shape index (κ1) is 22.7. The number of amides is 2. The van der Waals surface area contributed by atoms with Gasteiger partial charge in [-0.1, -0.05) is 49.1 Å². The van der Waals surface area contributed by atoms with Crippen molar-refractivity contribution in [3.05, 3.63) is 70.3 Å². The number of nitrogens with zero attached hydrogens (tertiary/aromatic N) is 1. The Bertz CT molecular complexity index is 828. The fourth-order valence-corrected chi connectivity index (χ4v) is 3.32. The average Bonchev–Trinajstić information content (AvgIpc) is 2.64. The van der Waals surface area contributed by atoms with Gasteiger partial charge in [-0.2, -0.15) is 0 Å². The van der Waals surface area contributed by atoms with E-state index >= 15 is 0 Å². The molecule has 0 aliphatic rings. The fraction of sp³-hybridized carbons (Fsp3) is 0.440. The number of carbonyl (C=O) groups is 2. The molecule has 4 heteroatoms. The third-order valence-electron chi connectivity index (χ3n) is 4.84. The van der Waals surface area contributed by atoms with Crippen LogP contribution >= 0.6 is 0 Å². The number of benzene rings is 2. The second-order valence-electron chi connectivity index (χ2n) is 8.78. The first-order valence-electron chi connectivity index (χ1n) is 10.4. The van der Waals surface area contributed by atoms with Crippen LogP contribution in [-0.2, 0) is 6.42 Å². The lowest BCUT2D eigenvalue weighted by Gasteiger charge is -2.35. The maximum atomic E-state index is 13.2. The molecule has 2 aromatic carbocycles. The van der Waals surface area contributed by atoms with E-state index in [1.807, 2.05) is 77.1 Å². The van der Waals surface area contributed by atoms with E-state index in [0.29, 0.717) is 11.1 Å². The highest BCUT2D eigenvalue weighted by Crippen LogP contribution is 2.18. The average molecular weight is 395 g/mol. The van der Waals surface area contributed by atoms with E-state index in [2.05, 4.69) is 12.3 Å². The molecule has 0 saturated carbocycles. The van der Waals surface area contributed by atoms with Gasteiger partial charge in [0, 0.05) is 11.1 Å². The summed E-state index contributed by atoms with van der Waals surface area (Å²) in [6.07, 6.45) is 4.58. The molecule has 0 spiro atoms. The molecule has 0 aliphatic heterocycles. The molecule has 0 aromatic heterocycles. The van der Waals surface area contributed by atoms with Gasteiger partial charge in [-0.3, -0.25) is 15.0 Å². The molecule has 0 bridgehead atoms. The molecule has 0 saturated heterocycles. The van der Waals surface area contributed by atoms with E-state index in [9.17, 15) is 9.59 Å². The van der Waals surface area contributed by atoms with Crippen molar-refractivity contribution < 1.29 is 9.59 Å². The van der Waals surface area contributed by atoms with Crippen molar-refractivity contribution in [1.82, 2.24) is 10.4 Å². The molecule has 0 atom stereocenters. The van der Waals surface area contributed by atoms with Crippen LogP contribution in [0.5, 0.6) is 0 Å². The van der Waals surface area contributed by atoms with E-state index in [4.69, 9.17) is 0 Å². The summed E-state index contributed by atoms with van der Waals surface area (Å²) in [7, 11) is 0. The summed E-state index contributed by atoms with van der Waals surface area (Å²) in [5, 5.41) is 1.43. The molecule has 0 radical (unpaired) electrons. The van der Waals surface area contributed by atoms with Crippen LogP contribution in [0.1, 0.15) is 84.4 Å². The van der Waals surface area contributed by atoms with Gasteiger partial charge in [0.25, 0.3) is 11.8 Å². The van der Waals surface area contributed by atoms with Gasteiger partial charge < -0.3 is 0 Å². The summed E-state index contributed by atoms with van der Waals surface area (Å²) in [6.45, 7) is 11.8. The van der Waals surface area contributed by atoms with E-state index in [1.54, 1.807) is 0 Å². The Hall–Kier alpha value is -2.62. The largest absolute Gasteiger partial charge is 0.272 e. The Labute approximate surface area is 175 Å². The number of nitrogens with one attached hydrogen (secondary N) is 1. The number of aryl methyl sites for hydroxylation is 3. The van der Waals surface area contributed by atoms with Crippen molar-refractivity contribution in [3.8, 4) is 0 Å². The van der Waals surface area contributed by atoms with Crippen molar-refractivity contribution >= 4 is 11.8 Å². The first-order chi connectivity index (χ1) is 13.6. The van der Waals surface area contributed by atoms with Gasteiger partial charge in [0.05, 0.1) is 5.54 Å². The van der Waals surface area contributed by atoms with Gasteiger partial charge in [0.15, 0.2) is 0 Å².